The van der Waals surface area contributed by atoms with E-state index >= 15 is 0 Å². The van der Waals surface area contributed by atoms with E-state index in [9.17, 15) is 0 Å². The van der Waals surface area contributed by atoms with Crippen molar-refractivity contribution in [3.8, 4) is 6.07 Å². The zero-order chi connectivity index (χ0) is 9.26. The Bertz CT molecular complexity index is 219. The van der Waals surface area contributed by atoms with E-state index in [1.54, 1.807) is 0 Å². The van der Waals surface area contributed by atoms with Gasteiger partial charge in [0, 0.05) is 6.04 Å². The molecule has 0 aromatic carbocycles. The molecule has 3 nitrogen and oxygen atoms in total. The van der Waals surface area contributed by atoms with Gasteiger partial charge in [-0.05, 0) is 32.6 Å². The van der Waals surface area contributed by atoms with Crippen LogP contribution in [0, 0.1) is 11.3 Å². The van der Waals surface area contributed by atoms with Crippen LogP contribution in [0.5, 0.6) is 0 Å². The quantitative estimate of drug-likeness (QED) is 0.709. The fourth-order valence-corrected chi connectivity index (χ4v) is 1.81. The molecule has 2 aliphatic rings. The first kappa shape index (κ1) is 8.98. The van der Waals surface area contributed by atoms with Crippen LogP contribution >= 0.6 is 0 Å². The van der Waals surface area contributed by atoms with Crippen LogP contribution in [-0.2, 0) is 4.74 Å². The molecule has 0 bridgehead atoms. The van der Waals surface area contributed by atoms with Crippen LogP contribution in [0.1, 0.15) is 32.6 Å². The first-order valence-electron chi connectivity index (χ1n) is 5.10. The van der Waals surface area contributed by atoms with Crippen LogP contribution in [0.25, 0.3) is 0 Å². The van der Waals surface area contributed by atoms with Crippen LogP contribution in [0.2, 0.25) is 0 Å². The van der Waals surface area contributed by atoms with Gasteiger partial charge in [0.1, 0.15) is 6.04 Å². The van der Waals surface area contributed by atoms with Crippen LogP contribution < -0.4 is 5.32 Å². The molecule has 0 radical (unpaired) electrons. The van der Waals surface area contributed by atoms with Gasteiger partial charge in [-0.2, -0.15) is 5.26 Å². The zero-order valence-corrected chi connectivity index (χ0v) is 7.99. The van der Waals surface area contributed by atoms with Crippen LogP contribution in [0.4, 0.5) is 0 Å². The molecule has 0 amide bonds. The van der Waals surface area contributed by atoms with Gasteiger partial charge in [-0.25, -0.2) is 0 Å². The maximum absolute atomic E-state index is 8.96. The smallest absolute Gasteiger partial charge is 0.122 e. The molecule has 1 saturated heterocycles. The van der Waals surface area contributed by atoms with Gasteiger partial charge in [-0.15, -0.1) is 0 Å². The summed E-state index contributed by atoms with van der Waals surface area (Å²) in [6, 6.07) is 2.80. The second kappa shape index (κ2) is 3.65. The highest BCUT2D eigenvalue weighted by Crippen LogP contribution is 2.25. The number of hydrogen-bond donors (Lipinski definition) is 1. The van der Waals surface area contributed by atoms with Crippen molar-refractivity contribution < 1.29 is 4.74 Å². The summed E-state index contributed by atoms with van der Waals surface area (Å²) < 4.78 is 5.66. The molecule has 0 aromatic rings. The molecule has 1 saturated carbocycles. The molecule has 13 heavy (non-hydrogen) atoms. The number of nitrogens with one attached hydrogen (secondary N) is 1. The molecule has 1 aliphatic heterocycles. The third-order valence-corrected chi connectivity index (χ3v) is 2.77. The summed E-state index contributed by atoms with van der Waals surface area (Å²) in [7, 11) is 0. The van der Waals surface area contributed by atoms with Crippen molar-refractivity contribution in [1.82, 2.24) is 5.32 Å². The summed E-state index contributed by atoms with van der Waals surface area (Å²) in [4.78, 5) is 0. The number of nitriles is 1. The van der Waals surface area contributed by atoms with Crippen molar-refractivity contribution in [3.63, 3.8) is 0 Å². The fourth-order valence-electron chi connectivity index (χ4n) is 1.81. The largest absolute Gasteiger partial charge is 0.373 e. The Balaban J connectivity index is 1.85. The van der Waals surface area contributed by atoms with E-state index in [1.807, 2.05) is 0 Å². The van der Waals surface area contributed by atoms with Crippen molar-refractivity contribution in [2.24, 2.45) is 0 Å². The summed E-state index contributed by atoms with van der Waals surface area (Å²) in [5.41, 5.74) is 0. The molecular formula is C10H16N2O. The summed E-state index contributed by atoms with van der Waals surface area (Å²) in [6.45, 7) is 2.07. The van der Waals surface area contributed by atoms with E-state index in [2.05, 4.69) is 18.3 Å². The van der Waals surface area contributed by atoms with Crippen molar-refractivity contribution in [1.29, 1.82) is 5.26 Å². The van der Waals surface area contributed by atoms with E-state index in [-0.39, 0.29) is 12.1 Å². The van der Waals surface area contributed by atoms with Crippen molar-refractivity contribution in [2.45, 2.75) is 56.9 Å². The Morgan fingerprint density at radius 1 is 1.38 bits per heavy atom. The first-order chi connectivity index (χ1) is 6.29. The van der Waals surface area contributed by atoms with Gasteiger partial charge in [-0.1, -0.05) is 0 Å². The van der Waals surface area contributed by atoms with E-state index in [4.69, 9.17) is 10.00 Å². The molecule has 72 valence electrons. The Labute approximate surface area is 79.1 Å². The summed E-state index contributed by atoms with van der Waals surface area (Å²) in [6.07, 6.45) is 5.03. The maximum Gasteiger partial charge on any atom is 0.122 e. The number of ether oxygens (including phenoxy) is 1. The topological polar surface area (TPSA) is 45.0 Å². The maximum atomic E-state index is 8.96. The molecule has 1 N–H and O–H groups in total. The molecule has 2 rings (SSSR count). The second-order valence-electron chi connectivity index (χ2n) is 4.11. The Kier molecular flexibility index (Phi) is 2.52. The number of nitrogens with zero attached hydrogens (tertiary/aromatic N) is 1. The van der Waals surface area contributed by atoms with E-state index in [0.717, 1.165) is 12.8 Å². The van der Waals surface area contributed by atoms with Crippen LogP contribution in [-0.4, -0.2) is 24.3 Å². The van der Waals surface area contributed by atoms with Gasteiger partial charge in [-0.3, -0.25) is 5.32 Å². The monoisotopic (exact) mass is 180 g/mol. The average Bonchev–Trinajstić information content (AvgIpc) is 2.84. The standard InChI is InChI=1S/C10H16N2O/c1-7-2-5-10(13-7)9(6-11)12-8-3-4-8/h7-10,12H,2-5H2,1H3. The average molecular weight is 180 g/mol. The molecule has 3 heteroatoms. The van der Waals surface area contributed by atoms with Gasteiger partial charge in [0.05, 0.1) is 18.3 Å². The number of hydrogen-bond acceptors (Lipinski definition) is 3. The lowest BCUT2D eigenvalue weighted by molar-refractivity contribution is 0.0429. The summed E-state index contributed by atoms with van der Waals surface area (Å²) >= 11 is 0. The molecule has 3 atom stereocenters. The Hall–Kier alpha value is -0.590. The third-order valence-electron chi connectivity index (χ3n) is 2.77. The predicted octanol–water partition coefficient (Wildman–Crippen LogP) is 1.20. The van der Waals surface area contributed by atoms with Gasteiger partial charge < -0.3 is 4.74 Å². The zero-order valence-electron chi connectivity index (χ0n) is 7.99. The fraction of sp³-hybridized carbons (Fsp3) is 0.900. The molecule has 3 unspecified atom stereocenters. The minimum Gasteiger partial charge on any atom is -0.373 e. The Morgan fingerprint density at radius 2 is 2.15 bits per heavy atom. The summed E-state index contributed by atoms with van der Waals surface area (Å²) in [5, 5.41) is 12.3. The molecule has 1 aliphatic carbocycles. The van der Waals surface area contributed by atoms with Gasteiger partial charge >= 0.3 is 0 Å². The van der Waals surface area contributed by atoms with Crippen LogP contribution in [0.15, 0.2) is 0 Å². The summed E-state index contributed by atoms with van der Waals surface area (Å²) in [5.74, 6) is 0. The Morgan fingerprint density at radius 3 is 2.62 bits per heavy atom. The number of rotatable bonds is 3. The van der Waals surface area contributed by atoms with Crippen LogP contribution in [0.3, 0.4) is 0 Å². The molecule has 0 spiro atoms. The minimum absolute atomic E-state index is 0.0857. The molecular weight excluding hydrogens is 164 g/mol. The molecule has 0 aromatic heterocycles. The second-order valence-corrected chi connectivity index (χ2v) is 4.11. The lowest BCUT2D eigenvalue weighted by Crippen LogP contribution is -2.39. The molecule has 1 heterocycles. The highest BCUT2D eigenvalue weighted by atomic mass is 16.5. The van der Waals surface area contributed by atoms with Crippen molar-refractivity contribution in [2.75, 3.05) is 0 Å². The van der Waals surface area contributed by atoms with Crippen molar-refractivity contribution >= 4 is 0 Å². The SMILES string of the molecule is CC1CCC(C(C#N)NC2CC2)O1. The van der Waals surface area contributed by atoms with Crippen molar-refractivity contribution in [3.05, 3.63) is 0 Å². The van der Waals surface area contributed by atoms with Gasteiger partial charge in [0.2, 0.25) is 0 Å². The lowest BCUT2D eigenvalue weighted by atomic mass is 10.1. The van der Waals surface area contributed by atoms with Gasteiger partial charge in [0.25, 0.3) is 0 Å². The van der Waals surface area contributed by atoms with E-state index in [1.165, 1.54) is 12.8 Å². The first-order valence-corrected chi connectivity index (χ1v) is 5.10. The highest BCUT2D eigenvalue weighted by molar-refractivity contribution is 5.01. The highest BCUT2D eigenvalue weighted by Gasteiger charge is 2.33. The third kappa shape index (κ3) is 2.20. The lowest BCUT2D eigenvalue weighted by Gasteiger charge is -2.18. The van der Waals surface area contributed by atoms with Gasteiger partial charge in [0.15, 0.2) is 0 Å². The normalized spacial score (nSPS) is 35.7. The minimum atomic E-state index is -0.0857. The predicted molar refractivity (Wildman–Crippen MR) is 49.1 cm³/mol. The van der Waals surface area contributed by atoms with E-state index < -0.39 is 0 Å². The van der Waals surface area contributed by atoms with E-state index in [0.29, 0.717) is 12.1 Å². The molecule has 2 fully saturated rings.